The highest BCUT2D eigenvalue weighted by Crippen LogP contribution is 2.28. The van der Waals surface area contributed by atoms with Crippen LogP contribution in [-0.4, -0.2) is 50.8 Å². The lowest BCUT2D eigenvalue weighted by atomic mass is 10.1. The fraction of sp³-hybridized carbons (Fsp3) is 0.238. The van der Waals surface area contributed by atoms with Crippen LogP contribution in [0.4, 0.5) is 0 Å². The number of ether oxygens (including phenoxy) is 3. The molecule has 7 heteroatoms. The monoisotopic (exact) mass is 385 g/mol. The molecule has 0 saturated carbocycles. The van der Waals surface area contributed by atoms with E-state index in [0.717, 1.165) is 0 Å². The minimum absolute atomic E-state index is 0.163. The molecular weight excluding hydrogens is 362 g/mol. The normalized spacial score (nSPS) is 10.6. The van der Waals surface area contributed by atoms with E-state index < -0.39 is 12.6 Å². The summed E-state index contributed by atoms with van der Waals surface area (Å²) in [6, 6.07) is 12.0. The van der Waals surface area contributed by atoms with Gasteiger partial charge in [-0.3, -0.25) is 4.79 Å². The third-order valence-corrected chi connectivity index (χ3v) is 3.71. The smallest absolute Gasteiger partial charge is 0.341 e. The van der Waals surface area contributed by atoms with Crippen molar-refractivity contribution < 1.29 is 28.9 Å². The van der Waals surface area contributed by atoms with Crippen molar-refractivity contribution in [2.45, 2.75) is 0 Å². The third-order valence-electron chi connectivity index (χ3n) is 3.71. The number of likely N-dealkylation sites (N-methyl/N-ethyl adjacent to an activating group) is 1. The highest BCUT2D eigenvalue weighted by molar-refractivity contribution is 6.07. The van der Waals surface area contributed by atoms with E-state index in [4.69, 9.17) is 19.3 Å². The maximum absolute atomic E-state index is 12.4. The summed E-state index contributed by atoms with van der Waals surface area (Å²) in [4.78, 5) is 23.0. The number of carbonyl (C=O) groups excluding carboxylic acids is 1. The molecule has 7 nitrogen and oxygen atoms in total. The Morgan fingerprint density at radius 1 is 1.11 bits per heavy atom. The molecular formula is C21H23NO6. The van der Waals surface area contributed by atoms with E-state index in [0.29, 0.717) is 41.5 Å². The van der Waals surface area contributed by atoms with E-state index in [1.165, 1.54) is 13.2 Å². The van der Waals surface area contributed by atoms with E-state index >= 15 is 0 Å². The van der Waals surface area contributed by atoms with E-state index in [9.17, 15) is 9.59 Å². The van der Waals surface area contributed by atoms with Gasteiger partial charge in [0.05, 0.1) is 7.11 Å². The van der Waals surface area contributed by atoms with Crippen LogP contribution in [0.25, 0.3) is 6.08 Å². The first-order valence-electron chi connectivity index (χ1n) is 8.66. The predicted molar refractivity (Wildman–Crippen MR) is 105 cm³/mol. The molecule has 0 heterocycles. The number of benzene rings is 2. The van der Waals surface area contributed by atoms with Gasteiger partial charge in [0.2, 0.25) is 0 Å². The second-order valence-corrected chi connectivity index (χ2v) is 5.77. The molecule has 0 amide bonds. The second-order valence-electron chi connectivity index (χ2n) is 5.77. The Balaban J connectivity index is 2.07. The first kappa shape index (κ1) is 21.0. The number of methoxy groups -OCH3 is 1. The SMILES string of the molecule is CNCCOc1cccc(C(=O)C=Cc2ccc(OCC(=O)O)c(OC)c2)c1. The van der Waals surface area contributed by atoms with Crippen LogP contribution >= 0.6 is 0 Å². The summed E-state index contributed by atoms with van der Waals surface area (Å²) >= 11 is 0. The lowest BCUT2D eigenvalue weighted by molar-refractivity contribution is -0.139. The minimum atomic E-state index is -1.08. The third kappa shape index (κ3) is 6.44. The van der Waals surface area contributed by atoms with Gasteiger partial charge in [-0.1, -0.05) is 24.3 Å². The molecule has 0 saturated heterocycles. The number of hydrogen-bond acceptors (Lipinski definition) is 6. The fourth-order valence-corrected chi connectivity index (χ4v) is 2.32. The zero-order valence-corrected chi connectivity index (χ0v) is 15.8. The van der Waals surface area contributed by atoms with Gasteiger partial charge in [-0.05, 0) is 43.0 Å². The van der Waals surface area contributed by atoms with Crippen LogP contribution in [0.5, 0.6) is 17.2 Å². The Hall–Kier alpha value is -3.32. The molecule has 2 aromatic rings. The average molecular weight is 385 g/mol. The van der Waals surface area contributed by atoms with Crippen LogP contribution < -0.4 is 19.5 Å². The Morgan fingerprint density at radius 3 is 2.64 bits per heavy atom. The Bertz CT molecular complexity index is 847. The molecule has 0 fully saturated rings. The molecule has 2 N–H and O–H groups in total. The van der Waals surface area contributed by atoms with Crippen LogP contribution in [0.1, 0.15) is 15.9 Å². The van der Waals surface area contributed by atoms with E-state index in [1.54, 1.807) is 48.5 Å². The summed E-state index contributed by atoms with van der Waals surface area (Å²) in [6.45, 7) is 0.767. The Morgan fingerprint density at radius 2 is 1.93 bits per heavy atom. The van der Waals surface area contributed by atoms with Crippen molar-refractivity contribution in [1.29, 1.82) is 0 Å². The average Bonchev–Trinajstić information content (AvgIpc) is 2.71. The number of aliphatic carboxylic acids is 1. The summed E-state index contributed by atoms with van der Waals surface area (Å²) in [5.74, 6) is 0.102. The summed E-state index contributed by atoms with van der Waals surface area (Å²) in [6.07, 6.45) is 3.11. The van der Waals surface area contributed by atoms with Gasteiger partial charge >= 0.3 is 5.97 Å². The predicted octanol–water partition coefficient (Wildman–Crippen LogP) is 2.65. The van der Waals surface area contributed by atoms with Crippen molar-refractivity contribution >= 4 is 17.8 Å². The largest absolute Gasteiger partial charge is 0.493 e. The van der Waals surface area contributed by atoms with Gasteiger partial charge in [0.1, 0.15) is 12.4 Å². The zero-order valence-electron chi connectivity index (χ0n) is 15.8. The van der Waals surface area contributed by atoms with Crippen molar-refractivity contribution in [3.8, 4) is 17.2 Å². The van der Waals surface area contributed by atoms with Crippen molar-refractivity contribution in [3.63, 3.8) is 0 Å². The molecule has 0 aliphatic heterocycles. The molecule has 2 aromatic carbocycles. The Labute approximate surface area is 163 Å². The number of carboxylic acid groups (broad SMARTS) is 1. The molecule has 0 radical (unpaired) electrons. The maximum Gasteiger partial charge on any atom is 0.341 e. The van der Waals surface area contributed by atoms with Gasteiger partial charge in [0, 0.05) is 12.1 Å². The van der Waals surface area contributed by atoms with E-state index in [2.05, 4.69) is 5.32 Å². The van der Waals surface area contributed by atoms with Gasteiger partial charge in [0.25, 0.3) is 0 Å². The van der Waals surface area contributed by atoms with Crippen molar-refractivity contribution in [1.82, 2.24) is 5.32 Å². The van der Waals surface area contributed by atoms with E-state index in [-0.39, 0.29) is 5.78 Å². The number of carbonyl (C=O) groups is 2. The maximum atomic E-state index is 12.4. The minimum Gasteiger partial charge on any atom is -0.493 e. The van der Waals surface area contributed by atoms with Gasteiger partial charge < -0.3 is 24.6 Å². The summed E-state index contributed by atoms with van der Waals surface area (Å²) < 4.78 is 15.9. The lowest BCUT2D eigenvalue weighted by Gasteiger charge is -2.09. The zero-order chi connectivity index (χ0) is 20.4. The molecule has 0 aliphatic carbocycles. The molecule has 0 spiro atoms. The molecule has 28 heavy (non-hydrogen) atoms. The lowest BCUT2D eigenvalue weighted by Crippen LogP contribution is -2.16. The standard InChI is InChI=1S/C21H23NO6/c1-22-10-11-27-17-5-3-4-16(13-17)18(23)8-6-15-7-9-19(20(12-15)26-2)28-14-21(24)25/h3-9,12-13,22H,10-11,14H2,1-2H3,(H,24,25). The second kappa shape index (κ2) is 10.7. The van der Waals surface area contributed by atoms with Crippen LogP contribution in [0.2, 0.25) is 0 Å². The molecule has 2 rings (SSSR count). The molecule has 0 aliphatic rings. The molecule has 0 atom stereocenters. The number of hydrogen-bond donors (Lipinski definition) is 2. The number of carboxylic acids is 1. The number of nitrogens with one attached hydrogen (secondary N) is 1. The van der Waals surface area contributed by atoms with E-state index in [1.807, 2.05) is 7.05 Å². The number of rotatable bonds is 11. The highest BCUT2D eigenvalue weighted by Gasteiger charge is 2.08. The quantitative estimate of drug-likeness (QED) is 0.349. The number of ketones is 1. The molecule has 0 unspecified atom stereocenters. The van der Waals surface area contributed by atoms with Gasteiger partial charge in [-0.2, -0.15) is 0 Å². The first-order chi connectivity index (χ1) is 13.5. The van der Waals surface area contributed by atoms with Crippen LogP contribution in [-0.2, 0) is 4.79 Å². The van der Waals surface area contributed by atoms with Gasteiger partial charge in [0.15, 0.2) is 23.9 Å². The number of allylic oxidation sites excluding steroid dienone is 1. The van der Waals surface area contributed by atoms with Crippen molar-refractivity contribution in [2.75, 3.05) is 33.9 Å². The first-order valence-corrected chi connectivity index (χ1v) is 8.66. The summed E-state index contributed by atoms with van der Waals surface area (Å²) in [5, 5.41) is 11.7. The van der Waals surface area contributed by atoms with Crippen molar-refractivity contribution in [2.24, 2.45) is 0 Å². The van der Waals surface area contributed by atoms with Crippen LogP contribution in [0.15, 0.2) is 48.5 Å². The van der Waals surface area contributed by atoms with Gasteiger partial charge in [-0.15, -0.1) is 0 Å². The fourth-order valence-electron chi connectivity index (χ4n) is 2.32. The van der Waals surface area contributed by atoms with Crippen LogP contribution in [0.3, 0.4) is 0 Å². The topological polar surface area (TPSA) is 94.1 Å². The molecule has 0 aromatic heterocycles. The van der Waals surface area contributed by atoms with Crippen molar-refractivity contribution in [3.05, 3.63) is 59.7 Å². The Kier molecular flexibility index (Phi) is 8.05. The molecule has 0 bridgehead atoms. The summed E-state index contributed by atoms with van der Waals surface area (Å²) in [5.41, 5.74) is 1.24. The summed E-state index contributed by atoms with van der Waals surface area (Å²) in [7, 11) is 3.30. The molecule has 148 valence electrons. The van der Waals surface area contributed by atoms with Crippen LogP contribution in [0, 0.1) is 0 Å². The van der Waals surface area contributed by atoms with Gasteiger partial charge in [-0.25, -0.2) is 4.79 Å². The highest BCUT2D eigenvalue weighted by atomic mass is 16.5.